The van der Waals surface area contributed by atoms with Gasteiger partial charge in [0.15, 0.2) is 0 Å². The molecule has 10 nitrogen and oxygen atoms in total. The summed E-state index contributed by atoms with van der Waals surface area (Å²) in [5, 5.41) is 5.95. The second-order valence-electron chi connectivity index (χ2n) is 9.46. The van der Waals surface area contributed by atoms with Gasteiger partial charge in [-0.25, -0.2) is 0 Å². The van der Waals surface area contributed by atoms with Gasteiger partial charge in [-0.15, -0.1) is 5.73 Å². The fourth-order valence-corrected chi connectivity index (χ4v) is 4.39. The maximum Gasteiger partial charge on any atom is 0.257 e. The zero-order valence-electron chi connectivity index (χ0n) is 24.0. The zero-order chi connectivity index (χ0) is 30.4. The van der Waals surface area contributed by atoms with E-state index in [2.05, 4.69) is 32.9 Å². The molecule has 1 aliphatic rings. The highest BCUT2D eigenvalue weighted by atomic mass is 16.5. The van der Waals surface area contributed by atoms with Crippen LogP contribution in [0.4, 0.5) is 17.1 Å². The number of carbonyl (C=O) groups excluding carboxylic acids is 3. The van der Waals surface area contributed by atoms with Crippen LogP contribution in [-0.4, -0.2) is 60.5 Å². The largest absolute Gasteiger partial charge is 0.492 e. The predicted molar refractivity (Wildman–Crippen MR) is 167 cm³/mol. The van der Waals surface area contributed by atoms with Gasteiger partial charge in [0.25, 0.3) is 5.91 Å². The van der Waals surface area contributed by atoms with E-state index in [1.807, 2.05) is 37.3 Å². The van der Waals surface area contributed by atoms with Crippen LogP contribution in [0.25, 0.3) is 0 Å². The molecule has 3 aromatic rings. The molecule has 0 atom stereocenters. The van der Waals surface area contributed by atoms with Crippen LogP contribution in [0.2, 0.25) is 0 Å². The van der Waals surface area contributed by atoms with Gasteiger partial charge in [-0.3, -0.25) is 29.3 Å². The monoisotopic (exact) mass is 578 g/mol. The summed E-state index contributed by atoms with van der Waals surface area (Å²) < 4.78 is 5.71. The number of hydrogen-bond donors (Lipinski definition) is 2. The first-order valence-electron chi connectivity index (χ1n) is 13.9. The number of amides is 3. The highest BCUT2D eigenvalue weighted by molar-refractivity contribution is 6.12. The highest BCUT2D eigenvalue weighted by Gasteiger charge is 2.32. The average molecular weight is 579 g/mol. The minimum atomic E-state index is -0.333. The van der Waals surface area contributed by atoms with Gasteiger partial charge in [0.1, 0.15) is 18.9 Å². The summed E-state index contributed by atoms with van der Waals surface area (Å²) in [4.78, 5) is 50.9. The summed E-state index contributed by atoms with van der Waals surface area (Å²) in [5.41, 5.74) is 5.54. The van der Waals surface area contributed by atoms with E-state index in [0.29, 0.717) is 54.5 Å². The summed E-state index contributed by atoms with van der Waals surface area (Å²) in [6, 6.07) is 14.2. The third-order valence-electron chi connectivity index (χ3n) is 6.47. The Kier molecular flexibility index (Phi) is 11.1. The molecule has 0 aliphatic carbocycles. The van der Waals surface area contributed by atoms with Crippen LogP contribution < -0.4 is 20.4 Å². The van der Waals surface area contributed by atoms with Crippen LogP contribution >= 0.6 is 0 Å². The Hall–Kier alpha value is -5.31. The predicted octanol–water partition coefficient (Wildman–Crippen LogP) is 4.06. The number of nitrogens with one attached hydrogen (secondary N) is 2. The summed E-state index contributed by atoms with van der Waals surface area (Å²) >= 11 is 0. The van der Waals surface area contributed by atoms with E-state index in [-0.39, 0.29) is 30.8 Å². The van der Waals surface area contributed by atoms with Gasteiger partial charge < -0.3 is 20.3 Å². The molecule has 0 saturated heterocycles. The van der Waals surface area contributed by atoms with Gasteiger partial charge in [0, 0.05) is 55.6 Å². The van der Waals surface area contributed by atoms with Crippen molar-refractivity contribution < 1.29 is 19.1 Å². The summed E-state index contributed by atoms with van der Waals surface area (Å²) in [5.74, 6) is -0.225. The van der Waals surface area contributed by atoms with E-state index in [1.165, 1.54) is 11.1 Å². The lowest BCUT2D eigenvalue weighted by Gasteiger charge is -2.36. The lowest BCUT2D eigenvalue weighted by atomic mass is 10.1. The maximum absolute atomic E-state index is 13.4. The molecule has 3 heterocycles. The number of rotatable bonds is 13. The van der Waals surface area contributed by atoms with E-state index in [1.54, 1.807) is 59.8 Å². The molecule has 1 aliphatic heterocycles. The Morgan fingerprint density at radius 3 is 2.77 bits per heavy atom. The normalized spacial score (nSPS) is 13.0. The minimum Gasteiger partial charge on any atom is -0.492 e. The molecule has 2 N–H and O–H groups in total. The first-order valence-corrected chi connectivity index (χ1v) is 13.9. The first-order chi connectivity index (χ1) is 21.0. The van der Waals surface area contributed by atoms with E-state index < -0.39 is 0 Å². The topological polar surface area (TPSA) is 117 Å². The van der Waals surface area contributed by atoms with Crippen molar-refractivity contribution >= 4 is 34.8 Å². The van der Waals surface area contributed by atoms with Crippen molar-refractivity contribution in [1.82, 2.24) is 15.3 Å². The van der Waals surface area contributed by atoms with E-state index in [9.17, 15) is 14.4 Å². The van der Waals surface area contributed by atoms with Crippen molar-refractivity contribution in [1.29, 1.82) is 0 Å². The number of benzene rings is 1. The van der Waals surface area contributed by atoms with Crippen molar-refractivity contribution in [2.24, 2.45) is 0 Å². The Morgan fingerprint density at radius 2 is 2.02 bits per heavy atom. The SMILES string of the molecule is C=C=CC(=CC=CC)OCCNCC(=O)N1CC(=O)N(CCc2ccccn2)c2ccc(NC(=O)c3cccnc3)cc21. The fraction of sp³-hybridized carbons (Fsp3) is 0.212. The van der Waals surface area contributed by atoms with E-state index in [0.717, 1.165) is 5.69 Å². The number of hydrogen-bond acceptors (Lipinski definition) is 7. The highest BCUT2D eigenvalue weighted by Crippen LogP contribution is 2.36. The molecule has 1 aromatic carbocycles. The van der Waals surface area contributed by atoms with Gasteiger partial charge >= 0.3 is 0 Å². The molecule has 0 radical (unpaired) electrons. The standard InChI is InChI=1S/C33H34N6O4/c1-3-5-12-28(9-4-2)43-20-18-35-23-31(40)39-24-32(41)38(19-15-26-11-6-7-17-36-26)29-14-13-27(21-30(29)39)37-33(42)25-10-8-16-34-22-25/h3,5-14,16-17,21-22,35H,2,15,18-20,23-24H2,1H3,(H,37,42). The van der Waals surface area contributed by atoms with Crippen molar-refractivity contribution in [2.75, 3.05) is 47.9 Å². The quantitative estimate of drug-likeness (QED) is 0.136. The summed E-state index contributed by atoms with van der Waals surface area (Å²) in [7, 11) is 0. The molecule has 3 amide bonds. The molecular formula is C33H34N6O4. The van der Waals surface area contributed by atoms with Crippen LogP contribution in [0.1, 0.15) is 23.0 Å². The molecule has 4 rings (SSSR count). The molecule has 0 saturated carbocycles. The van der Waals surface area contributed by atoms with E-state index >= 15 is 0 Å². The molecule has 0 bridgehead atoms. The number of allylic oxidation sites excluding steroid dienone is 4. The molecule has 43 heavy (non-hydrogen) atoms. The van der Waals surface area contributed by atoms with Crippen LogP contribution in [-0.2, 0) is 20.7 Å². The van der Waals surface area contributed by atoms with Gasteiger partial charge in [-0.1, -0.05) is 24.8 Å². The van der Waals surface area contributed by atoms with Gasteiger partial charge in [-0.2, -0.15) is 0 Å². The number of ether oxygens (including phenoxy) is 1. The maximum atomic E-state index is 13.4. The number of aromatic nitrogens is 2. The van der Waals surface area contributed by atoms with Crippen LogP contribution in [0.15, 0.2) is 109 Å². The number of anilines is 3. The number of pyridine rings is 2. The lowest BCUT2D eigenvalue weighted by molar-refractivity contribution is -0.122. The van der Waals surface area contributed by atoms with Gasteiger partial charge in [0.2, 0.25) is 11.8 Å². The van der Waals surface area contributed by atoms with Gasteiger partial charge in [0.05, 0.1) is 23.5 Å². The second kappa shape index (κ2) is 15.6. The molecule has 10 heteroatoms. The summed E-state index contributed by atoms with van der Waals surface area (Å²) in [6.45, 7) is 6.44. The fourth-order valence-electron chi connectivity index (χ4n) is 4.39. The van der Waals surface area contributed by atoms with Crippen molar-refractivity contribution in [2.45, 2.75) is 13.3 Å². The third-order valence-corrected chi connectivity index (χ3v) is 6.47. The zero-order valence-corrected chi connectivity index (χ0v) is 24.0. The number of nitrogens with zero attached hydrogens (tertiary/aromatic N) is 4. The third kappa shape index (κ3) is 8.59. The van der Waals surface area contributed by atoms with Crippen LogP contribution in [0.5, 0.6) is 0 Å². The number of carbonyl (C=O) groups is 3. The smallest absolute Gasteiger partial charge is 0.257 e. The van der Waals surface area contributed by atoms with Gasteiger partial charge in [-0.05, 0) is 55.5 Å². The Balaban J connectivity index is 1.49. The Labute approximate surface area is 251 Å². The van der Waals surface area contributed by atoms with Crippen molar-refractivity contribution in [3.05, 3.63) is 121 Å². The molecular weight excluding hydrogens is 544 g/mol. The molecule has 0 fully saturated rings. The van der Waals surface area contributed by atoms with Crippen molar-refractivity contribution in [3.63, 3.8) is 0 Å². The average Bonchev–Trinajstić information content (AvgIpc) is 3.03. The lowest BCUT2D eigenvalue weighted by Crippen LogP contribution is -2.51. The first kappa shape index (κ1) is 30.6. The second-order valence-corrected chi connectivity index (χ2v) is 9.46. The number of fused-ring (bicyclic) bond motifs is 1. The molecule has 0 spiro atoms. The van der Waals surface area contributed by atoms with Crippen LogP contribution in [0, 0.1) is 0 Å². The van der Waals surface area contributed by atoms with E-state index in [4.69, 9.17) is 4.74 Å². The molecule has 0 unspecified atom stereocenters. The van der Waals surface area contributed by atoms with Crippen LogP contribution in [0.3, 0.4) is 0 Å². The minimum absolute atomic E-state index is 0.0124. The summed E-state index contributed by atoms with van der Waals surface area (Å²) in [6.07, 6.45) is 12.5. The molecule has 2 aromatic heterocycles. The van der Waals surface area contributed by atoms with Crippen molar-refractivity contribution in [3.8, 4) is 0 Å². The Bertz CT molecular complexity index is 1530. The molecule has 220 valence electrons. The Morgan fingerprint density at radius 1 is 1.14 bits per heavy atom.